The molecule has 0 amide bonds. The summed E-state index contributed by atoms with van der Waals surface area (Å²) in [6.07, 6.45) is 4.11. The average molecular weight is 176 g/mol. The molecule has 1 atom stereocenters. The third-order valence-electron chi connectivity index (χ3n) is 1.83. The molecule has 70 valence electrons. The van der Waals surface area contributed by atoms with Crippen LogP contribution in [0.15, 0.2) is 36.4 Å². The molecule has 0 heterocycles. The largest absolute Gasteiger partial charge is 0.397 e. The maximum Gasteiger partial charge on any atom is 0.0578 e. The van der Waals surface area contributed by atoms with Crippen molar-refractivity contribution in [3.8, 4) is 0 Å². The number of anilines is 2. The van der Waals surface area contributed by atoms with Crippen molar-refractivity contribution in [2.45, 2.75) is 19.9 Å². The lowest BCUT2D eigenvalue weighted by Crippen LogP contribution is -2.12. The van der Waals surface area contributed by atoms with Crippen LogP contribution in [-0.4, -0.2) is 6.04 Å². The normalized spacial score (nSPS) is 13.1. The molecule has 1 aromatic rings. The van der Waals surface area contributed by atoms with Gasteiger partial charge in [0.2, 0.25) is 0 Å². The van der Waals surface area contributed by atoms with Crippen molar-refractivity contribution < 1.29 is 0 Å². The molecule has 2 heteroatoms. The van der Waals surface area contributed by atoms with E-state index in [1.54, 1.807) is 0 Å². The van der Waals surface area contributed by atoms with E-state index in [9.17, 15) is 0 Å². The molecule has 0 aromatic heterocycles. The van der Waals surface area contributed by atoms with Gasteiger partial charge >= 0.3 is 0 Å². The van der Waals surface area contributed by atoms with Gasteiger partial charge in [-0.2, -0.15) is 0 Å². The predicted molar refractivity (Wildman–Crippen MR) is 58.8 cm³/mol. The van der Waals surface area contributed by atoms with Crippen molar-refractivity contribution in [3.05, 3.63) is 36.4 Å². The zero-order valence-corrected chi connectivity index (χ0v) is 8.12. The number of benzene rings is 1. The number of rotatable bonds is 3. The second kappa shape index (κ2) is 4.55. The molecule has 0 radical (unpaired) electrons. The van der Waals surface area contributed by atoms with Crippen LogP contribution in [0.2, 0.25) is 0 Å². The van der Waals surface area contributed by atoms with Gasteiger partial charge in [-0.25, -0.2) is 0 Å². The molecule has 1 rings (SSSR count). The summed E-state index contributed by atoms with van der Waals surface area (Å²) in [5.41, 5.74) is 7.56. The van der Waals surface area contributed by atoms with Gasteiger partial charge in [-0.3, -0.25) is 0 Å². The second-order valence-corrected chi connectivity index (χ2v) is 3.05. The fraction of sp³-hybridized carbons (Fsp3) is 0.273. The number of nitrogens with two attached hydrogens (primary N) is 1. The number of nitrogens with one attached hydrogen (secondary N) is 1. The zero-order valence-electron chi connectivity index (χ0n) is 8.12. The van der Waals surface area contributed by atoms with E-state index in [0.29, 0.717) is 6.04 Å². The van der Waals surface area contributed by atoms with E-state index in [4.69, 9.17) is 5.73 Å². The second-order valence-electron chi connectivity index (χ2n) is 3.05. The Bertz CT molecular complexity index is 292. The van der Waals surface area contributed by atoms with Gasteiger partial charge in [0.1, 0.15) is 0 Å². The quantitative estimate of drug-likeness (QED) is 0.549. The molecular formula is C11H16N2. The van der Waals surface area contributed by atoms with Crippen LogP contribution in [0.4, 0.5) is 11.4 Å². The van der Waals surface area contributed by atoms with E-state index in [-0.39, 0.29) is 0 Å². The van der Waals surface area contributed by atoms with Gasteiger partial charge in [0.05, 0.1) is 11.4 Å². The van der Waals surface area contributed by atoms with Crippen LogP contribution < -0.4 is 11.1 Å². The summed E-state index contributed by atoms with van der Waals surface area (Å²) in [6, 6.07) is 8.09. The fourth-order valence-corrected chi connectivity index (χ4v) is 1.21. The molecule has 0 bridgehead atoms. The Kier molecular flexibility index (Phi) is 3.38. The number of allylic oxidation sites excluding steroid dienone is 1. The summed E-state index contributed by atoms with van der Waals surface area (Å²) in [7, 11) is 0. The molecule has 1 aromatic carbocycles. The van der Waals surface area contributed by atoms with Gasteiger partial charge in [0.25, 0.3) is 0 Å². The molecule has 0 saturated heterocycles. The van der Waals surface area contributed by atoms with Crippen molar-refractivity contribution in [2.24, 2.45) is 0 Å². The van der Waals surface area contributed by atoms with Gasteiger partial charge in [0.15, 0.2) is 0 Å². The van der Waals surface area contributed by atoms with E-state index >= 15 is 0 Å². The maximum atomic E-state index is 5.78. The molecule has 0 aliphatic rings. The average Bonchev–Trinajstić information content (AvgIpc) is 2.09. The van der Waals surface area contributed by atoms with Crippen LogP contribution in [0.1, 0.15) is 13.8 Å². The summed E-state index contributed by atoms with van der Waals surface area (Å²) in [5.74, 6) is 0. The molecular weight excluding hydrogens is 160 g/mol. The number of hydrogen-bond acceptors (Lipinski definition) is 2. The SMILES string of the molecule is C/C=C/C(C)Nc1ccccc1N. The highest BCUT2D eigenvalue weighted by molar-refractivity contribution is 5.66. The van der Waals surface area contributed by atoms with Crippen LogP contribution in [0.25, 0.3) is 0 Å². The van der Waals surface area contributed by atoms with E-state index in [0.717, 1.165) is 11.4 Å². The zero-order chi connectivity index (χ0) is 9.68. The first-order valence-corrected chi connectivity index (χ1v) is 4.48. The van der Waals surface area contributed by atoms with Crippen molar-refractivity contribution in [1.82, 2.24) is 0 Å². The van der Waals surface area contributed by atoms with E-state index < -0.39 is 0 Å². The molecule has 0 aliphatic carbocycles. The van der Waals surface area contributed by atoms with Crippen molar-refractivity contribution in [1.29, 1.82) is 0 Å². The standard InChI is InChI=1S/C11H16N2/c1-3-6-9(2)13-11-8-5-4-7-10(11)12/h3-9,13H,12H2,1-2H3/b6-3+. The van der Waals surface area contributed by atoms with Gasteiger partial charge in [-0.1, -0.05) is 24.3 Å². The Morgan fingerprint density at radius 3 is 2.69 bits per heavy atom. The van der Waals surface area contributed by atoms with Gasteiger partial charge < -0.3 is 11.1 Å². The number of nitrogen functional groups attached to an aromatic ring is 1. The summed E-state index contributed by atoms with van der Waals surface area (Å²) in [6.45, 7) is 4.10. The smallest absolute Gasteiger partial charge is 0.0578 e. The third kappa shape index (κ3) is 2.82. The first-order valence-electron chi connectivity index (χ1n) is 4.48. The highest BCUT2D eigenvalue weighted by atomic mass is 14.9. The minimum absolute atomic E-state index is 0.315. The van der Waals surface area contributed by atoms with Gasteiger partial charge in [-0.15, -0.1) is 0 Å². The van der Waals surface area contributed by atoms with Crippen LogP contribution in [-0.2, 0) is 0 Å². The minimum Gasteiger partial charge on any atom is -0.397 e. The summed E-state index contributed by atoms with van der Waals surface area (Å²) < 4.78 is 0. The highest BCUT2D eigenvalue weighted by Gasteiger charge is 1.99. The lowest BCUT2D eigenvalue weighted by molar-refractivity contribution is 0.996. The Balaban J connectivity index is 2.68. The molecule has 0 aliphatic heterocycles. The highest BCUT2D eigenvalue weighted by Crippen LogP contribution is 2.17. The third-order valence-corrected chi connectivity index (χ3v) is 1.83. The molecule has 0 saturated carbocycles. The Morgan fingerprint density at radius 2 is 2.08 bits per heavy atom. The minimum atomic E-state index is 0.315. The summed E-state index contributed by atoms with van der Waals surface area (Å²) in [4.78, 5) is 0. The van der Waals surface area contributed by atoms with E-state index in [1.165, 1.54) is 0 Å². The predicted octanol–water partition coefficient (Wildman–Crippen LogP) is 2.65. The lowest BCUT2D eigenvalue weighted by Gasteiger charge is -2.12. The van der Waals surface area contributed by atoms with Crippen LogP contribution >= 0.6 is 0 Å². The summed E-state index contributed by atoms with van der Waals surface area (Å²) >= 11 is 0. The van der Waals surface area contributed by atoms with Crippen LogP contribution in [0.3, 0.4) is 0 Å². The van der Waals surface area contributed by atoms with Crippen molar-refractivity contribution in [3.63, 3.8) is 0 Å². The van der Waals surface area contributed by atoms with Crippen molar-refractivity contribution >= 4 is 11.4 Å². The van der Waals surface area contributed by atoms with Gasteiger partial charge in [-0.05, 0) is 26.0 Å². The summed E-state index contributed by atoms with van der Waals surface area (Å²) in [5, 5.41) is 3.30. The number of para-hydroxylation sites is 2. The van der Waals surface area contributed by atoms with Crippen LogP contribution in [0.5, 0.6) is 0 Å². The first-order chi connectivity index (χ1) is 6.24. The Morgan fingerprint density at radius 1 is 1.38 bits per heavy atom. The van der Waals surface area contributed by atoms with Crippen molar-refractivity contribution in [2.75, 3.05) is 11.1 Å². The molecule has 0 spiro atoms. The van der Waals surface area contributed by atoms with E-state index in [1.807, 2.05) is 37.3 Å². The Hall–Kier alpha value is -1.44. The molecule has 0 fully saturated rings. The fourth-order valence-electron chi connectivity index (χ4n) is 1.21. The first kappa shape index (κ1) is 9.65. The topological polar surface area (TPSA) is 38.0 Å². The molecule has 13 heavy (non-hydrogen) atoms. The molecule has 1 unspecified atom stereocenters. The Labute approximate surface area is 79.5 Å². The number of hydrogen-bond donors (Lipinski definition) is 2. The lowest BCUT2D eigenvalue weighted by atomic mass is 10.2. The van der Waals surface area contributed by atoms with Crippen LogP contribution in [0, 0.1) is 0 Å². The maximum absolute atomic E-state index is 5.78. The molecule has 2 nitrogen and oxygen atoms in total. The van der Waals surface area contributed by atoms with E-state index in [2.05, 4.69) is 18.3 Å². The molecule has 3 N–H and O–H groups in total. The monoisotopic (exact) mass is 176 g/mol. The van der Waals surface area contributed by atoms with Gasteiger partial charge in [0, 0.05) is 6.04 Å².